The molecule has 1 heterocycles. The Kier molecular flexibility index (Phi) is 6.57. The number of halogens is 2. The minimum Gasteiger partial charge on any atom is -0.484 e. The summed E-state index contributed by atoms with van der Waals surface area (Å²) in [7, 11) is 1.46. The first-order valence-electron chi connectivity index (χ1n) is 7.07. The van der Waals surface area contributed by atoms with E-state index >= 15 is 0 Å². The van der Waals surface area contributed by atoms with Gasteiger partial charge in [-0.1, -0.05) is 15.9 Å². The number of nitrogens with one attached hydrogen (secondary N) is 1. The monoisotopic (exact) mass is 475 g/mol. The van der Waals surface area contributed by atoms with Crippen molar-refractivity contribution in [2.45, 2.75) is 6.54 Å². The van der Waals surface area contributed by atoms with Crippen LogP contribution in [0.4, 0.5) is 5.82 Å². The second-order valence-electron chi connectivity index (χ2n) is 4.95. The molecule has 0 aliphatic heterocycles. The lowest BCUT2D eigenvalue weighted by molar-refractivity contribution is 0.0919. The highest BCUT2D eigenvalue weighted by atomic mass is 79.9. The van der Waals surface area contributed by atoms with Crippen molar-refractivity contribution in [1.82, 2.24) is 9.55 Å². The average molecular weight is 477 g/mol. The van der Waals surface area contributed by atoms with Crippen molar-refractivity contribution in [2.24, 2.45) is 0 Å². The van der Waals surface area contributed by atoms with Crippen molar-refractivity contribution in [3.63, 3.8) is 0 Å². The van der Waals surface area contributed by atoms with Crippen LogP contribution >= 0.6 is 31.9 Å². The highest BCUT2D eigenvalue weighted by Crippen LogP contribution is 2.28. The molecule has 0 spiro atoms. The molecular weight excluding hydrogens is 462 g/mol. The van der Waals surface area contributed by atoms with Gasteiger partial charge in [-0.3, -0.25) is 19.1 Å². The average Bonchev–Trinajstić information content (AvgIpc) is 2.53. The van der Waals surface area contributed by atoms with Gasteiger partial charge in [0, 0.05) is 11.6 Å². The molecule has 0 bridgehead atoms. The fourth-order valence-electron chi connectivity index (χ4n) is 2.07. The molecule has 0 fully saturated rings. The molecular formula is C15H15Br2N3O5. The molecule has 1 aromatic carbocycles. The summed E-state index contributed by atoms with van der Waals surface area (Å²) in [4.78, 5) is 38.3. The molecule has 2 rings (SSSR count). The zero-order chi connectivity index (χ0) is 18.6. The number of Topliss-reactive ketones (excluding diaryl/α,β-unsaturated/α-hetero) is 1. The van der Waals surface area contributed by atoms with Crippen LogP contribution in [0.5, 0.6) is 5.75 Å². The molecule has 2 aromatic rings. The number of hydrogen-bond donors (Lipinski definition) is 2. The molecule has 3 N–H and O–H groups in total. The number of benzene rings is 1. The Morgan fingerprint density at radius 2 is 2.04 bits per heavy atom. The number of hydrogen-bond acceptors (Lipinski definition) is 6. The van der Waals surface area contributed by atoms with Gasteiger partial charge in [0.2, 0.25) is 5.78 Å². The van der Waals surface area contributed by atoms with E-state index in [0.29, 0.717) is 10.2 Å². The van der Waals surface area contributed by atoms with Crippen LogP contribution < -0.4 is 21.7 Å². The first kappa shape index (κ1) is 19.4. The van der Waals surface area contributed by atoms with Gasteiger partial charge in [-0.2, -0.15) is 0 Å². The van der Waals surface area contributed by atoms with E-state index in [1.54, 1.807) is 18.2 Å². The van der Waals surface area contributed by atoms with Gasteiger partial charge in [0.1, 0.15) is 17.1 Å². The van der Waals surface area contributed by atoms with Gasteiger partial charge < -0.3 is 15.2 Å². The lowest BCUT2D eigenvalue weighted by atomic mass is 10.2. The third-order valence-electron chi connectivity index (χ3n) is 3.29. The van der Waals surface area contributed by atoms with Crippen LogP contribution in [0.25, 0.3) is 0 Å². The molecule has 0 radical (unpaired) electrons. The number of rotatable bonds is 7. The van der Waals surface area contributed by atoms with E-state index in [9.17, 15) is 14.4 Å². The number of nitrogens with two attached hydrogens (primary N) is 1. The third-order valence-corrected chi connectivity index (χ3v) is 4.40. The summed E-state index contributed by atoms with van der Waals surface area (Å²) >= 11 is 6.62. The number of aromatic amines is 1. The number of carbonyl (C=O) groups excluding carboxylic acids is 1. The molecule has 0 aliphatic carbocycles. The van der Waals surface area contributed by atoms with Crippen LogP contribution in [-0.2, 0) is 11.3 Å². The summed E-state index contributed by atoms with van der Waals surface area (Å²) in [5, 5.41) is 0. The van der Waals surface area contributed by atoms with Crippen LogP contribution in [0.1, 0.15) is 10.4 Å². The summed E-state index contributed by atoms with van der Waals surface area (Å²) in [6.07, 6.45) is 0. The SMILES string of the molecule is COCCn1c(N)c(C(=O)COc2ccc(Br)cc2Br)c(=O)[nH]c1=O. The Bertz CT molecular complexity index is 907. The zero-order valence-electron chi connectivity index (χ0n) is 13.2. The maximum atomic E-state index is 12.4. The quantitative estimate of drug-likeness (QED) is 0.585. The fraction of sp³-hybridized carbons (Fsp3) is 0.267. The predicted molar refractivity (Wildman–Crippen MR) is 99.3 cm³/mol. The highest BCUT2D eigenvalue weighted by Gasteiger charge is 2.20. The second-order valence-corrected chi connectivity index (χ2v) is 6.72. The maximum absolute atomic E-state index is 12.4. The number of aromatic nitrogens is 2. The smallest absolute Gasteiger partial charge is 0.330 e. The minimum atomic E-state index is -0.848. The van der Waals surface area contributed by atoms with Crippen molar-refractivity contribution in [1.29, 1.82) is 0 Å². The van der Waals surface area contributed by atoms with E-state index in [4.69, 9.17) is 15.2 Å². The first-order chi connectivity index (χ1) is 11.8. The van der Waals surface area contributed by atoms with Gasteiger partial charge in [0.15, 0.2) is 6.61 Å². The van der Waals surface area contributed by atoms with Crippen molar-refractivity contribution < 1.29 is 14.3 Å². The highest BCUT2D eigenvalue weighted by molar-refractivity contribution is 9.11. The molecule has 0 unspecified atom stereocenters. The van der Waals surface area contributed by atoms with Gasteiger partial charge in [0.25, 0.3) is 5.56 Å². The summed E-state index contributed by atoms with van der Waals surface area (Å²) in [6, 6.07) is 5.16. The number of H-pyrrole nitrogens is 1. The first-order valence-corrected chi connectivity index (χ1v) is 8.66. The van der Waals surface area contributed by atoms with Crippen molar-refractivity contribution in [2.75, 3.05) is 26.1 Å². The summed E-state index contributed by atoms with van der Waals surface area (Å²) in [6.45, 7) is -0.0978. The van der Waals surface area contributed by atoms with Gasteiger partial charge in [-0.15, -0.1) is 0 Å². The van der Waals surface area contributed by atoms with E-state index in [0.717, 1.165) is 9.04 Å². The zero-order valence-corrected chi connectivity index (χ0v) is 16.3. The lowest BCUT2D eigenvalue weighted by Gasteiger charge is -2.12. The molecule has 0 saturated heterocycles. The fourth-order valence-corrected chi connectivity index (χ4v) is 3.23. The van der Waals surface area contributed by atoms with E-state index in [-0.39, 0.29) is 24.5 Å². The molecule has 0 saturated carbocycles. The Labute approximate surface area is 159 Å². The molecule has 1 aromatic heterocycles. The van der Waals surface area contributed by atoms with Crippen molar-refractivity contribution in [3.05, 3.63) is 53.5 Å². The molecule has 10 heteroatoms. The van der Waals surface area contributed by atoms with Gasteiger partial charge in [-0.25, -0.2) is 4.79 Å². The van der Waals surface area contributed by atoms with E-state index in [1.807, 2.05) is 0 Å². The number of nitrogen functional groups attached to an aromatic ring is 1. The number of methoxy groups -OCH3 is 1. The Morgan fingerprint density at radius 3 is 2.68 bits per heavy atom. The summed E-state index contributed by atoms with van der Waals surface area (Å²) in [5.41, 5.74) is 3.98. The van der Waals surface area contributed by atoms with Crippen molar-refractivity contribution >= 4 is 43.5 Å². The topological polar surface area (TPSA) is 116 Å². The summed E-state index contributed by atoms with van der Waals surface area (Å²) < 4.78 is 12.9. The van der Waals surface area contributed by atoms with Crippen LogP contribution in [-0.4, -0.2) is 35.7 Å². The largest absolute Gasteiger partial charge is 0.484 e. The Balaban J connectivity index is 2.26. The van der Waals surface area contributed by atoms with Crippen LogP contribution in [0, 0.1) is 0 Å². The minimum absolute atomic E-state index is 0.108. The van der Waals surface area contributed by atoms with Crippen LogP contribution in [0.15, 0.2) is 36.7 Å². The molecule has 134 valence electrons. The number of nitrogens with zero attached hydrogens (tertiary/aromatic N) is 1. The van der Waals surface area contributed by atoms with Gasteiger partial charge in [0.05, 0.1) is 17.6 Å². The molecule has 8 nitrogen and oxygen atoms in total. The van der Waals surface area contributed by atoms with Crippen LogP contribution in [0.3, 0.4) is 0 Å². The Morgan fingerprint density at radius 1 is 1.32 bits per heavy atom. The maximum Gasteiger partial charge on any atom is 0.330 e. The predicted octanol–water partition coefficient (Wildman–Crippen LogP) is 1.55. The number of anilines is 1. The van der Waals surface area contributed by atoms with Crippen LogP contribution in [0.2, 0.25) is 0 Å². The molecule has 0 aliphatic rings. The standard InChI is InChI=1S/C15H15Br2N3O5/c1-24-5-4-20-13(18)12(14(22)19-15(20)23)10(21)7-25-11-3-2-8(16)6-9(11)17/h2-3,6H,4-5,7,18H2,1H3,(H,19,22,23). The Hall–Kier alpha value is -1.91. The van der Waals surface area contributed by atoms with E-state index < -0.39 is 23.6 Å². The third kappa shape index (κ3) is 4.59. The summed E-state index contributed by atoms with van der Waals surface area (Å²) in [5.74, 6) is -0.423. The number of carbonyl (C=O) groups is 1. The normalized spacial score (nSPS) is 10.7. The molecule has 0 atom stereocenters. The second kappa shape index (κ2) is 8.45. The van der Waals surface area contributed by atoms with Crippen molar-refractivity contribution in [3.8, 4) is 5.75 Å². The number of ether oxygens (including phenoxy) is 2. The molecule has 0 amide bonds. The van der Waals surface area contributed by atoms with E-state index in [1.165, 1.54) is 7.11 Å². The lowest BCUT2D eigenvalue weighted by Crippen LogP contribution is -2.37. The van der Waals surface area contributed by atoms with E-state index in [2.05, 4.69) is 36.8 Å². The number of ketones is 1. The van der Waals surface area contributed by atoms with Gasteiger partial charge in [-0.05, 0) is 34.1 Å². The van der Waals surface area contributed by atoms with Gasteiger partial charge >= 0.3 is 5.69 Å². The molecule has 25 heavy (non-hydrogen) atoms.